The van der Waals surface area contributed by atoms with E-state index in [4.69, 9.17) is 0 Å². The third kappa shape index (κ3) is 2.15. The Morgan fingerprint density at radius 3 is 2.93 bits per heavy atom. The van der Waals surface area contributed by atoms with E-state index in [0.717, 1.165) is 10.2 Å². The van der Waals surface area contributed by atoms with Crippen LogP contribution in [0.25, 0.3) is 10.2 Å². The standard InChI is InChI=1S/C10H11NO2S2/c12-8(4-14)10(13)6-1-2-7-9(3-6)15-5-11-7/h1-3,5,8,10,12-14H,4H2. The summed E-state index contributed by atoms with van der Waals surface area (Å²) in [5.74, 6) is 0.238. The lowest BCUT2D eigenvalue weighted by molar-refractivity contribution is 0.0338. The number of nitrogens with zero attached hydrogens (tertiary/aromatic N) is 1. The molecule has 0 saturated heterocycles. The SMILES string of the molecule is OC(CS)C(O)c1ccc2ncsc2c1. The van der Waals surface area contributed by atoms with Gasteiger partial charge >= 0.3 is 0 Å². The maximum Gasteiger partial charge on any atom is 0.106 e. The molecule has 15 heavy (non-hydrogen) atoms. The van der Waals surface area contributed by atoms with Crippen molar-refractivity contribution in [1.82, 2.24) is 4.98 Å². The van der Waals surface area contributed by atoms with Crippen LogP contribution >= 0.6 is 24.0 Å². The van der Waals surface area contributed by atoms with Crippen LogP contribution in [0.4, 0.5) is 0 Å². The van der Waals surface area contributed by atoms with Gasteiger partial charge in [-0.2, -0.15) is 12.6 Å². The summed E-state index contributed by atoms with van der Waals surface area (Å²) in [7, 11) is 0. The number of thiazole rings is 1. The van der Waals surface area contributed by atoms with Crippen LogP contribution in [0.3, 0.4) is 0 Å². The molecule has 2 rings (SSSR count). The van der Waals surface area contributed by atoms with E-state index < -0.39 is 12.2 Å². The molecule has 0 fully saturated rings. The van der Waals surface area contributed by atoms with Crippen LogP contribution in [-0.2, 0) is 0 Å². The summed E-state index contributed by atoms with van der Waals surface area (Å²) in [5, 5.41) is 19.2. The third-order valence-electron chi connectivity index (χ3n) is 2.25. The Hall–Kier alpha value is -0.620. The zero-order valence-electron chi connectivity index (χ0n) is 7.87. The summed E-state index contributed by atoms with van der Waals surface area (Å²) in [6, 6.07) is 5.47. The Balaban J connectivity index is 2.35. The van der Waals surface area contributed by atoms with Crippen LogP contribution in [0.5, 0.6) is 0 Å². The van der Waals surface area contributed by atoms with Crippen molar-refractivity contribution in [1.29, 1.82) is 0 Å². The van der Waals surface area contributed by atoms with Crippen molar-refractivity contribution >= 4 is 34.2 Å². The minimum Gasteiger partial charge on any atom is -0.389 e. The molecule has 3 nitrogen and oxygen atoms in total. The quantitative estimate of drug-likeness (QED) is 0.716. The first-order chi connectivity index (χ1) is 7.22. The zero-order chi connectivity index (χ0) is 10.8. The molecule has 1 heterocycles. The number of hydrogen-bond acceptors (Lipinski definition) is 5. The molecule has 80 valence electrons. The minimum atomic E-state index is -0.881. The lowest BCUT2D eigenvalue weighted by Gasteiger charge is -2.15. The first kappa shape index (κ1) is 10.9. The molecule has 2 unspecified atom stereocenters. The van der Waals surface area contributed by atoms with Gasteiger partial charge in [0.1, 0.15) is 6.10 Å². The predicted octanol–water partition coefficient (Wildman–Crippen LogP) is 1.62. The first-order valence-corrected chi connectivity index (χ1v) is 6.03. The van der Waals surface area contributed by atoms with Crippen molar-refractivity contribution in [3.05, 3.63) is 29.3 Å². The van der Waals surface area contributed by atoms with Crippen LogP contribution in [0.1, 0.15) is 11.7 Å². The fraction of sp³-hybridized carbons (Fsp3) is 0.300. The van der Waals surface area contributed by atoms with Gasteiger partial charge in [-0.05, 0) is 17.7 Å². The third-order valence-corrected chi connectivity index (χ3v) is 3.41. The second-order valence-corrected chi connectivity index (χ2v) is 4.53. The molecular weight excluding hydrogens is 230 g/mol. The van der Waals surface area contributed by atoms with Crippen LogP contribution in [0.2, 0.25) is 0 Å². The highest BCUT2D eigenvalue weighted by molar-refractivity contribution is 7.80. The molecule has 2 N–H and O–H groups in total. The van der Waals surface area contributed by atoms with Gasteiger partial charge in [-0.1, -0.05) is 6.07 Å². The van der Waals surface area contributed by atoms with Gasteiger partial charge in [-0.25, -0.2) is 4.98 Å². The smallest absolute Gasteiger partial charge is 0.106 e. The molecule has 0 bridgehead atoms. The summed E-state index contributed by atoms with van der Waals surface area (Å²) in [5.41, 5.74) is 3.38. The summed E-state index contributed by atoms with van der Waals surface area (Å²) in [6.07, 6.45) is -1.72. The second kappa shape index (κ2) is 4.49. The zero-order valence-corrected chi connectivity index (χ0v) is 9.58. The van der Waals surface area contributed by atoms with Gasteiger partial charge < -0.3 is 10.2 Å². The average molecular weight is 241 g/mol. The number of rotatable bonds is 3. The Kier molecular flexibility index (Phi) is 3.25. The van der Waals surface area contributed by atoms with E-state index in [0.29, 0.717) is 5.56 Å². The Morgan fingerprint density at radius 1 is 1.40 bits per heavy atom. The van der Waals surface area contributed by atoms with E-state index in [1.165, 1.54) is 11.3 Å². The Labute approximate surface area is 96.8 Å². The summed E-state index contributed by atoms with van der Waals surface area (Å²) in [6.45, 7) is 0. The van der Waals surface area contributed by atoms with Gasteiger partial charge in [0.05, 0.1) is 21.8 Å². The van der Waals surface area contributed by atoms with E-state index in [9.17, 15) is 10.2 Å². The number of aromatic nitrogens is 1. The molecule has 1 aromatic carbocycles. The Morgan fingerprint density at radius 2 is 2.20 bits per heavy atom. The molecule has 0 aliphatic carbocycles. The van der Waals surface area contributed by atoms with Crippen LogP contribution in [0, 0.1) is 0 Å². The fourth-order valence-electron chi connectivity index (χ4n) is 1.38. The highest BCUT2D eigenvalue weighted by atomic mass is 32.1. The van der Waals surface area contributed by atoms with Crippen LogP contribution < -0.4 is 0 Å². The molecule has 0 aliphatic heterocycles. The number of thiol groups is 1. The summed E-state index contributed by atoms with van der Waals surface area (Å²) < 4.78 is 1.01. The number of aliphatic hydroxyl groups excluding tert-OH is 2. The van der Waals surface area contributed by atoms with Gasteiger partial charge in [0, 0.05) is 5.75 Å². The molecule has 0 spiro atoms. The second-order valence-electron chi connectivity index (χ2n) is 3.27. The van der Waals surface area contributed by atoms with E-state index in [1.54, 1.807) is 11.6 Å². The monoisotopic (exact) mass is 241 g/mol. The first-order valence-electron chi connectivity index (χ1n) is 4.52. The average Bonchev–Trinajstić information content (AvgIpc) is 2.73. The van der Waals surface area contributed by atoms with E-state index in [-0.39, 0.29) is 5.75 Å². The van der Waals surface area contributed by atoms with Crippen molar-refractivity contribution in [3.8, 4) is 0 Å². The van der Waals surface area contributed by atoms with Gasteiger partial charge in [0.15, 0.2) is 0 Å². The molecule has 0 saturated carbocycles. The van der Waals surface area contributed by atoms with Gasteiger partial charge in [-0.3, -0.25) is 0 Å². The highest BCUT2D eigenvalue weighted by Crippen LogP contribution is 2.24. The maximum absolute atomic E-state index is 9.77. The van der Waals surface area contributed by atoms with Gasteiger partial charge in [0.25, 0.3) is 0 Å². The number of fused-ring (bicyclic) bond motifs is 1. The fourth-order valence-corrected chi connectivity index (χ4v) is 2.30. The topological polar surface area (TPSA) is 53.4 Å². The molecule has 5 heteroatoms. The van der Waals surface area contributed by atoms with Crippen molar-refractivity contribution in [2.45, 2.75) is 12.2 Å². The number of hydrogen-bond donors (Lipinski definition) is 3. The molecular formula is C10H11NO2S2. The van der Waals surface area contributed by atoms with Crippen molar-refractivity contribution < 1.29 is 10.2 Å². The molecule has 0 amide bonds. The number of benzene rings is 1. The van der Waals surface area contributed by atoms with Gasteiger partial charge in [-0.15, -0.1) is 11.3 Å². The van der Waals surface area contributed by atoms with Crippen molar-refractivity contribution in [2.24, 2.45) is 0 Å². The molecule has 2 aromatic rings. The number of aliphatic hydroxyl groups is 2. The predicted molar refractivity (Wildman–Crippen MR) is 64.4 cm³/mol. The molecule has 0 aliphatic rings. The summed E-state index contributed by atoms with van der Waals surface area (Å²) >= 11 is 5.46. The normalized spacial score (nSPS) is 15.4. The molecule has 2 atom stereocenters. The van der Waals surface area contributed by atoms with Crippen LogP contribution in [-0.4, -0.2) is 27.1 Å². The summed E-state index contributed by atoms with van der Waals surface area (Å²) in [4.78, 5) is 4.14. The highest BCUT2D eigenvalue weighted by Gasteiger charge is 2.17. The maximum atomic E-state index is 9.77. The Bertz CT molecular complexity index is 457. The van der Waals surface area contributed by atoms with Crippen molar-refractivity contribution in [2.75, 3.05) is 5.75 Å². The van der Waals surface area contributed by atoms with E-state index in [2.05, 4.69) is 17.6 Å². The van der Waals surface area contributed by atoms with E-state index in [1.807, 2.05) is 12.1 Å². The van der Waals surface area contributed by atoms with Crippen LogP contribution in [0.15, 0.2) is 23.7 Å². The lowest BCUT2D eigenvalue weighted by Crippen LogP contribution is -2.19. The largest absolute Gasteiger partial charge is 0.389 e. The molecule has 1 aromatic heterocycles. The minimum absolute atomic E-state index is 0.238. The van der Waals surface area contributed by atoms with E-state index >= 15 is 0 Å². The molecule has 0 radical (unpaired) electrons. The lowest BCUT2D eigenvalue weighted by atomic mass is 10.1. The van der Waals surface area contributed by atoms with Crippen molar-refractivity contribution in [3.63, 3.8) is 0 Å². The van der Waals surface area contributed by atoms with Gasteiger partial charge in [0.2, 0.25) is 0 Å².